The van der Waals surface area contributed by atoms with E-state index in [1.165, 1.54) is 0 Å². The molecule has 1 amide bonds. The molecule has 4 heteroatoms. The maximum Gasteiger partial charge on any atom is 0.220 e. The number of aryl methyl sites for hydroxylation is 1. The minimum Gasteiger partial charge on any atom is -0.353 e. The highest BCUT2D eigenvalue weighted by molar-refractivity contribution is 6.31. The number of amides is 1. The van der Waals surface area contributed by atoms with Crippen molar-refractivity contribution in [3.63, 3.8) is 0 Å². The van der Waals surface area contributed by atoms with Crippen LogP contribution in [0.1, 0.15) is 12.1 Å². The molecule has 0 aliphatic rings. The third-order valence-electron chi connectivity index (χ3n) is 2.76. The standard InChI is InChI=1S/C15H15ClN2O/c1-2-9-17-15(19)8-6-13-5-3-11-10-12(16)4-7-14(11)18-13/h2-5,7,10H,1,6,8-9H2,(H,17,19). The van der Waals surface area contributed by atoms with Crippen molar-refractivity contribution in [1.82, 2.24) is 10.3 Å². The largest absolute Gasteiger partial charge is 0.353 e. The molecule has 1 aromatic heterocycles. The van der Waals surface area contributed by atoms with Gasteiger partial charge in [-0.05, 0) is 30.7 Å². The summed E-state index contributed by atoms with van der Waals surface area (Å²) in [5.74, 6) is 0.0119. The predicted octanol–water partition coefficient (Wildman–Crippen LogP) is 3.12. The maximum absolute atomic E-state index is 11.5. The molecule has 0 saturated carbocycles. The number of carbonyl (C=O) groups excluding carboxylic acids is 1. The Bertz CT molecular complexity index is 610. The van der Waals surface area contributed by atoms with Crippen molar-refractivity contribution in [2.75, 3.05) is 6.54 Å². The second-order valence-corrected chi connectivity index (χ2v) is 4.67. The third-order valence-corrected chi connectivity index (χ3v) is 3.00. The summed E-state index contributed by atoms with van der Waals surface area (Å²) in [4.78, 5) is 16.0. The van der Waals surface area contributed by atoms with E-state index in [9.17, 15) is 4.79 Å². The van der Waals surface area contributed by atoms with E-state index in [-0.39, 0.29) is 5.91 Å². The Kier molecular flexibility index (Phi) is 4.53. The zero-order valence-corrected chi connectivity index (χ0v) is 11.3. The van der Waals surface area contributed by atoms with Crippen LogP contribution in [-0.2, 0) is 11.2 Å². The average Bonchev–Trinajstić information content (AvgIpc) is 2.42. The molecule has 0 saturated heterocycles. The van der Waals surface area contributed by atoms with Crippen molar-refractivity contribution in [2.45, 2.75) is 12.8 Å². The Balaban J connectivity index is 2.03. The number of nitrogens with one attached hydrogen (secondary N) is 1. The van der Waals surface area contributed by atoms with Crippen LogP contribution >= 0.6 is 11.6 Å². The molecule has 1 heterocycles. The fraction of sp³-hybridized carbons (Fsp3) is 0.200. The second-order valence-electron chi connectivity index (χ2n) is 4.23. The highest BCUT2D eigenvalue weighted by Gasteiger charge is 2.03. The van der Waals surface area contributed by atoms with Gasteiger partial charge in [0.2, 0.25) is 5.91 Å². The van der Waals surface area contributed by atoms with Crippen molar-refractivity contribution in [1.29, 1.82) is 0 Å². The fourth-order valence-corrected chi connectivity index (χ4v) is 1.97. The van der Waals surface area contributed by atoms with E-state index < -0.39 is 0 Å². The Morgan fingerprint density at radius 2 is 2.21 bits per heavy atom. The molecule has 0 aliphatic heterocycles. The number of rotatable bonds is 5. The number of benzene rings is 1. The molecule has 3 nitrogen and oxygen atoms in total. The van der Waals surface area contributed by atoms with E-state index in [1.807, 2.05) is 30.3 Å². The topological polar surface area (TPSA) is 42.0 Å². The van der Waals surface area contributed by atoms with Crippen LogP contribution in [0.2, 0.25) is 5.02 Å². The van der Waals surface area contributed by atoms with Crippen molar-refractivity contribution in [2.24, 2.45) is 0 Å². The Morgan fingerprint density at radius 1 is 1.37 bits per heavy atom. The van der Waals surface area contributed by atoms with Gasteiger partial charge in [0.05, 0.1) is 5.52 Å². The molecular formula is C15H15ClN2O. The highest BCUT2D eigenvalue weighted by atomic mass is 35.5. The monoisotopic (exact) mass is 274 g/mol. The van der Waals surface area contributed by atoms with Crippen LogP contribution in [0.15, 0.2) is 43.0 Å². The molecule has 0 bridgehead atoms. The summed E-state index contributed by atoms with van der Waals surface area (Å²) < 4.78 is 0. The van der Waals surface area contributed by atoms with Crippen LogP contribution in [0.25, 0.3) is 10.9 Å². The number of fused-ring (bicyclic) bond motifs is 1. The molecule has 0 spiro atoms. The zero-order valence-electron chi connectivity index (χ0n) is 10.5. The van der Waals surface area contributed by atoms with E-state index in [2.05, 4.69) is 16.9 Å². The molecular weight excluding hydrogens is 260 g/mol. The van der Waals surface area contributed by atoms with Gasteiger partial charge >= 0.3 is 0 Å². The normalized spacial score (nSPS) is 10.4. The number of pyridine rings is 1. The number of nitrogens with zero attached hydrogens (tertiary/aromatic N) is 1. The van der Waals surface area contributed by atoms with Crippen molar-refractivity contribution >= 4 is 28.4 Å². The van der Waals surface area contributed by atoms with Crippen molar-refractivity contribution in [3.05, 3.63) is 53.7 Å². The molecule has 1 aromatic carbocycles. The number of carbonyl (C=O) groups is 1. The third kappa shape index (κ3) is 3.80. The quantitative estimate of drug-likeness (QED) is 0.851. The van der Waals surface area contributed by atoms with Gasteiger partial charge < -0.3 is 5.32 Å². The summed E-state index contributed by atoms with van der Waals surface area (Å²) in [6.45, 7) is 4.06. The van der Waals surface area contributed by atoms with Gasteiger partial charge in [0.1, 0.15) is 0 Å². The molecule has 19 heavy (non-hydrogen) atoms. The van der Waals surface area contributed by atoms with Gasteiger partial charge in [0.15, 0.2) is 0 Å². The van der Waals surface area contributed by atoms with E-state index in [0.717, 1.165) is 16.6 Å². The summed E-state index contributed by atoms with van der Waals surface area (Å²) in [5, 5.41) is 4.45. The van der Waals surface area contributed by atoms with Gasteiger partial charge in [-0.3, -0.25) is 9.78 Å². The summed E-state index contributed by atoms with van der Waals surface area (Å²) in [5.41, 5.74) is 1.80. The van der Waals surface area contributed by atoms with Gasteiger partial charge in [0, 0.05) is 29.1 Å². The molecule has 1 N–H and O–H groups in total. The molecule has 0 atom stereocenters. The fourth-order valence-electron chi connectivity index (χ4n) is 1.79. The summed E-state index contributed by atoms with van der Waals surface area (Å²) in [6.07, 6.45) is 2.72. The molecule has 0 aliphatic carbocycles. The second kappa shape index (κ2) is 6.34. The van der Waals surface area contributed by atoms with E-state index in [1.54, 1.807) is 6.08 Å². The van der Waals surface area contributed by atoms with Crippen LogP contribution in [0.5, 0.6) is 0 Å². The minimum atomic E-state index is 0.0119. The molecule has 0 radical (unpaired) electrons. The lowest BCUT2D eigenvalue weighted by molar-refractivity contribution is -0.120. The molecule has 98 valence electrons. The van der Waals surface area contributed by atoms with Gasteiger partial charge in [-0.25, -0.2) is 0 Å². The van der Waals surface area contributed by atoms with E-state index >= 15 is 0 Å². The van der Waals surface area contributed by atoms with Crippen LogP contribution < -0.4 is 5.32 Å². The lowest BCUT2D eigenvalue weighted by atomic mass is 10.1. The lowest BCUT2D eigenvalue weighted by Gasteiger charge is -2.04. The van der Waals surface area contributed by atoms with Crippen LogP contribution in [-0.4, -0.2) is 17.4 Å². The van der Waals surface area contributed by atoms with Gasteiger partial charge in [-0.15, -0.1) is 6.58 Å². The summed E-state index contributed by atoms with van der Waals surface area (Å²) >= 11 is 5.92. The van der Waals surface area contributed by atoms with Gasteiger partial charge in [0.25, 0.3) is 0 Å². The summed E-state index contributed by atoms with van der Waals surface area (Å²) in [6, 6.07) is 9.49. The number of halogens is 1. The number of hydrogen-bond acceptors (Lipinski definition) is 2. The molecule has 2 rings (SSSR count). The molecule has 0 fully saturated rings. The Labute approximate surface area is 117 Å². The number of aromatic nitrogens is 1. The van der Waals surface area contributed by atoms with E-state index in [4.69, 9.17) is 11.6 Å². The predicted molar refractivity (Wildman–Crippen MR) is 78.3 cm³/mol. The Morgan fingerprint density at radius 3 is 3.00 bits per heavy atom. The van der Waals surface area contributed by atoms with Crippen LogP contribution in [0.3, 0.4) is 0 Å². The van der Waals surface area contributed by atoms with Crippen LogP contribution in [0, 0.1) is 0 Å². The first-order valence-electron chi connectivity index (χ1n) is 6.12. The number of hydrogen-bond donors (Lipinski definition) is 1. The first-order chi connectivity index (χ1) is 9.19. The van der Waals surface area contributed by atoms with Crippen molar-refractivity contribution in [3.8, 4) is 0 Å². The lowest BCUT2D eigenvalue weighted by Crippen LogP contribution is -2.23. The maximum atomic E-state index is 11.5. The SMILES string of the molecule is C=CCNC(=O)CCc1ccc2cc(Cl)ccc2n1. The average molecular weight is 275 g/mol. The first-order valence-corrected chi connectivity index (χ1v) is 6.49. The van der Waals surface area contributed by atoms with Gasteiger partial charge in [-0.1, -0.05) is 23.7 Å². The highest BCUT2D eigenvalue weighted by Crippen LogP contribution is 2.18. The van der Waals surface area contributed by atoms with Crippen LogP contribution in [0.4, 0.5) is 0 Å². The minimum absolute atomic E-state index is 0.0119. The smallest absolute Gasteiger partial charge is 0.220 e. The molecule has 2 aromatic rings. The van der Waals surface area contributed by atoms with E-state index in [0.29, 0.717) is 24.4 Å². The van der Waals surface area contributed by atoms with Crippen molar-refractivity contribution < 1.29 is 4.79 Å². The zero-order chi connectivity index (χ0) is 13.7. The first kappa shape index (κ1) is 13.6. The van der Waals surface area contributed by atoms with Gasteiger partial charge in [-0.2, -0.15) is 0 Å². The summed E-state index contributed by atoms with van der Waals surface area (Å²) in [7, 11) is 0. The molecule has 0 unspecified atom stereocenters. The Hall–Kier alpha value is -1.87.